The Labute approximate surface area is 124 Å². The van der Waals surface area contributed by atoms with Crippen LogP contribution < -0.4 is 15.5 Å². The summed E-state index contributed by atoms with van der Waals surface area (Å²) in [5.74, 6) is 1.67. The lowest BCUT2D eigenvalue weighted by Gasteiger charge is -2.23. The van der Waals surface area contributed by atoms with Gasteiger partial charge in [0.2, 0.25) is 0 Å². The van der Waals surface area contributed by atoms with Crippen molar-refractivity contribution in [3.63, 3.8) is 0 Å². The van der Waals surface area contributed by atoms with Crippen LogP contribution >= 0.6 is 0 Å². The third-order valence-corrected chi connectivity index (χ3v) is 3.57. The highest BCUT2D eigenvalue weighted by Crippen LogP contribution is 2.34. The SMILES string of the molecule is COc1cccc(C2CC(CN)=NN2c2ccccn2)c1. The molecular weight excluding hydrogens is 264 g/mol. The summed E-state index contributed by atoms with van der Waals surface area (Å²) >= 11 is 0. The van der Waals surface area contributed by atoms with Gasteiger partial charge in [-0.2, -0.15) is 5.10 Å². The number of aromatic nitrogens is 1. The first-order valence-electron chi connectivity index (χ1n) is 6.92. The van der Waals surface area contributed by atoms with Crippen molar-refractivity contribution >= 4 is 11.5 Å². The van der Waals surface area contributed by atoms with Gasteiger partial charge in [0.15, 0.2) is 0 Å². The molecule has 108 valence electrons. The van der Waals surface area contributed by atoms with Gasteiger partial charge >= 0.3 is 0 Å². The number of hydrazone groups is 1. The first kappa shape index (κ1) is 13.6. The normalized spacial score (nSPS) is 17.7. The van der Waals surface area contributed by atoms with Crippen LogP contribution in [-0.2, 0) is 0 Å². The summed E-state index contributed by atoms with van der Waals surface area (Å²) in [6, 6.07) is 14.0. The van der Waals surface area contributed by atoms with Crippen molar-refractivity contribution < 1.29 is 4.74 Å². The Morgan fingerprint density at radius 1 is 1.29 bits per heavy atom. The Hall–Kier alpha value is -2.40. The molecule has 0 aliphatic carbocycles. The average Bonchev–Trinajstić information content (AvgIpc) is 3.00. The molecule has 0 saturated heterocycles. The van der Waals surface area contributed by atoms with Crippen LogP contribution in [0.4, 0.5) is 5.82 Å². The summed E-state index contributed by atoms with van der Waals surface area (Å²) in [6.45, 7) is 0.462. The molecule has 2 N–H and O–H groups in total. The van der Waals surface area contributed by atoms with Gasteiger partial charge in [-0.25, -0.2) is 9.99 Å². The summed E-state index contributed by atoms with van der Waals surface area (Å²) < 4.78 is 5.31. The maximum Gasteiger partial charge on any atom is 0.149 e. The molecule has 1 aliphatic heterocycles. The fourth-order valence-electron chi connectivity index (χ4n) is 2.50. The third-order valence-electron chi connectivity index (χ3n) is 3.57. The largest absolute Gasteiger partial charge is 0.497 e. The summed E-state index contributed by atoms with van der Waals surface area (Å²) in [6.07, 6.45) is 2.58. The molecule has 1 aromatic heterocycles. The van der Waals surface area contributed by atoms with Crippen LogP contribution in [0.3, 0.4) is 0 Å². The summed E-state index contributed by atoms with van der Waals surface area (Å²) in [5, 5.41) is 6.55. The zero-order valence-electron chi connectivity index (χ0n) is 11.9. The number of nitrogens with two attached hydrogens (primary N) is 1. The van der Waals surface area contributed by atoms with Crippen molar-refractivity contribution in [2.45, 2.75) is 12.5 Å². The zero-order valence-corrected chi connectivity index (χ0v) is 11.9. The quantitative estimate of drug-likeness (QED) is 0.935. The molecule has 0 fully saturated rings. The number of pyridine rings is 1. The molecule has 1 aromatic carbocycles. The van der Waals surface area contributed by atoms with Crippen molar-refractivity contribution in [3.05, 3.63) is 54.2 Å². The molecule has 1 atom stereocenters. The Kier molecular flexibility index (Phi) is 3.83. The Morgan fingerprint density at radius 3 is 2.90 bits per heavy atom. The van der Waals surface area contributed by atoms with E-state index in [2.05, 4.69) is 16.2 Å². The van der Waals surface area contributed by atoms with Crippen molar-refractivity contribution in [1.82, 2.24) is 4.98 Å². The lowest BCUT2D eigenvalue weighted by atomic mass is 10.0. The molecule has 21 heavy (non-hydrogen) atoms. The van der Waals surface area contributed by atoms with Crippen molar-refractivity contribution in [3.8, 4) is 5.75 Å². The van der Waals surface area contributed by atoms with Gasteiger partial charge in [0.05, 0.1) is 18.9 Å². The molecule has 0 amide bonds. The second-order valence-electron chi connectivity index (χ2n) is 4.90. The van der Waals surface area contributed by atoms with Crippen LogP contribution in [-0.4, -0.2) is 24.4 Å². The first-order chi connectivity index (χ1) is 10.3. The van der Waals surface area contributed by atoms with Crippen LogP contribution in [0, 0.1) is 0 Å². The van der Waals surface area contributed by atoms with E-state index in [1.807, 2.05) is 41.4 Å². The van der Waals surface area contributed by atoms with E-state index < -0.39 is 0 Å². The molecule has 1 unspecified atom stereocenters. The van der Waals surface area contributed by atoms with E-state index in [-0.39, 0.29) is 6.04 Å². The van der Waals surface area contributed by atoms with Crippen LogP contribution in [0.5, 0.6) is 5.75 Å². The molecule has 5 nitrogen and oxygen atoms in total. The van der Waals surface area contributed by atoms with Crippen molar-refractivity contribution in [2.24, 2.45) is 10.8 Å². The van der Waals surface area contributed by atoms with Crippen LogP contribution in [0.15, 0.2) is 53.8 Å². The lowest BCUT2D eigenvalue weighted by Crippen LogP contribution is -2.19. The van der Waals surface area contributed by atoms with E-state index in [0.29, 0.717) is 6.54 Å². The van der Waals surface area contributed by atoms with E-state index in [0.717, 1.165) is 29.3 Å². The molecule has 3 rings (SSSR count). The Morgan fingerprint density at radius 2 is 2.19 bits per heavy atom. The number of ether oxygens (including phenoxy) is 1. The Balaban J connectivity index is 1.96. The van der Waals surface area contributed by atoms with Gasteiger partial charge in [0, 0.05) is 19.2 Å². The third kappa shape index (κ3) is 2.73. The predicted molar refractivity (Wildman–Crippen MR) is 83.6 cm³/mol. The monoisotopic (exact) mass is 282 g/mol. The molecule has 0 bridgehead atoms. The molecular formula is C16H18N4O. The number of rotatable bonds is 4. The van der Waals surface area contributed by atoms with Crippen LogP contribution in [0.2, 0.25) is 0 Å². The second kappa shape index (κ2) is 5.93. The maximum absolute atomic E-state index is 5.77. The van der Waals surface area contributed by atoms with Gasteiger partial charge in [0.1, 0.15) is 11.6 Å². The number of benzene rings is 1. The highest BCUT2D eigenvalue weighted by Gasteiger charge is 2.29. The Bertz CT molecular complexity index is 642. The van der Waals surface area contributed by atoms with E-state index in [4.69, 9.17) is 10.5 Å². The smallest absolute Gasteiger partial charge is 0.149 e. The fraction of sp³-hybridized carbons (Fsp3) is 0.250. The molecule has 2 heterocycles. The molecule has 2 aromatic rings. The van der Waals surface area contributed by atoms with Gasteiger partial charge in [-0.15, -0.1) is 0 Å². The molecule has 0 saturated carbocycles. The number of nitrogens with zero attached hydrogens (tertiary/aromatic N) is 3. The number of hydrogen-bond donors (Lipinski definition) is 1. The highest BCUT2D eigenvalue weighted by atomic mass is 16.5. The molecule has 5 heteroatoms. The predicted octanol–water partition coefficient (Wildman–Crippen LogP) is 2.36. The minimum Gasteiger partial charge on any atom is -0.497 e. The van der Waals surface area contributed by atoms with Crippen LogP contribution in [0.25, 0.3) is 0 Å². The van der Waals surface area contributed by atoms with Gasteiger partial charge in [-0.05, 0) is 29.8 Å². The molecule has 1 aliphatic rings. The summed E-state index contributed by atoms with van der Waals surface area (Å²) in [7, 11) is 1.67. The van der Waals surface area contributed by atoms with Crippen LogP contribution in [0.1, 0.15) is 18.0 Å². The number of anilines is 1. The van der Waals surface area contributed by atoms with Gasteiger partial charge in [0.25, 0.3) is 0 Å². The second-order valence-corrected chi connectivity index (χ2v) is 4.90. The topological polar surface area (TPSA) is 63.7 Å². The highest BCUT2D eigenvalue weighted by molar-refractivity contribution is 5.90. The summed E-state index contributed by atoms with van der Waals surface area (Å²) in [5.41, 5.74) is 7.89. The fourth-order valence-corrected chi connectivity index (χ4v) is 2.50. The number of hydrogen-bond acceptors (Lipinski definition) is 5. The van der Waals surface area contributed by atoms with Gasteiger partial charge in [-0.1, -0.05) is 18.2 Å². The van der Waals surface area contributed by atoms with Gasteiger partial charge in [-0.3, -0.25) is 0 Å². The van der Waals surface area contributed by atoms with E-state index in [1.54, 1.807) is 13.3 Å². The molecule has 0 spiro atoms. The van der Waals surface area contributed by atoms with E-state index in [1.165, 1.54) is 0 Å². The minimum atomic E-state index is 0.105. The summed E-state index contributed by atoms with van der Waals surface area (Å²) in [4.78, 5) is 4.39. The minimum absolute atomic E-state index is 0.105. The first-order valence-corrected chi connectivity index (χ1v) is 6.92. The average molecular weight is 282 g/mol. The van der Waals surface area contributed by atoms with Crippen molar-refractivity contribution in [2.75, 3.05) is 18.7 Å². The zero-order chi connectivity index (χ0) is 14.7. The standard InChI is InChI=1S/C16H18N4O/c1-21-14-6-4-5-12(9-14)15-10-13(11-17)19-20(15)16-7-2-3-8-18-16/h2-9,15H,10-11,17H2,1H3. The lowest BCUT2D eigenvalue weighted by molar-refractivity contribution is 0.414. The van der Waals surface area contributed by atoms with E-state index in [9.17, 15) is 0 Å². The van der Waals surface area contributed by atoms with Crippen molar-refractivity contribution in [1.29, 1.82) is 0 Å². The number of methoxy groups -OCH3 is 1. The molecule has 0 radical (unpaired) electrons. The van der Waals surface area contributed by atoms with E-state index >= 15 is 0 Å². The van der Waals surface area contributed by atoms with Gasteiger partial charge < -0.3 is 10.5 Å². The maximum atomic E-state index is 5.77.